The number of rotatable bonds is 4. The summed E-state index contributed by atoms with van der Waals surface area (Å²) in [7, 11) is 0. The molecule has 23 heavy (non-hydrogen) atoms. The predicted molar refractivity (Wildman–Crippen MR) is 94.9 cm³/mol. The molecule has 3 rings (SSSR count). The second kappa shape index (κ2) is 6.86. The maximum atomic E-state index is 12.2. The molecule has 1 amide bonds. The Kier molecular flexibility index (Phi) is 4.84. The Balaban J connectivity index is 1.68. The number of hydrogen-bond donors (Lipinski definition) is 1. The standard InChI is InChI=1S/C16H12BrClN2O2S/c1-9-20-14(8-23-9)15-5-3-11(22-15)7-19-16(21)12-6-10(17)2-4-13(12)18/h2-6,8H,7H2,1H3,(H,19,21). The van der Waals surface area contributed by atoms with Crippen LogP contribution in [0.2, 0.25) is 5.02 Å². The van der Waals surface area contributed by atoms with E-state index >= 15 is 0 Å². The largest absolute Gasteiger partial charge is 0.458 e. The molecule has 2 aromatic heterocycles. The lowest BCUT2D eigenvalue weighted by Gasteiger charge is -2.06. The average Bonchev–Trinajstić information content (AvgIpc) is 3.16. The first-order valence-electron chi connectivity index (χ1n) is 6.77. The van der Waals surface area contributed by atoms with Crippen molar-refractivity contribution in [1.29, 1.82) is 0 Å². The summed E-state index contributed by atoms with van der Waals surface area (Å²) in [4.78, 5) is 16.6. The van der Waals surface area contributed by atoms with E-state index in [0.717, 1.165) is 15.2 Å². The van der Waals surface area contributed by atoms with Crippen LogP contribution in [0.15, 0.2) is 44.6 Å². The molecule has 0 saturated carbocycles. The summed E-state index contributed by atoms with van der Waals surface area (Å²) in [6.45, 7) is 2.23. The van der Waals surface area contributed by atoms with Crippen LogP contribution in [0.3, 0.4) is 0 Å². The molecular formula is C16H12BrClN2O2S. The number of nitrogens with one attached hydrogen (secondary N) is 1. The van der Waals surface area contributed by atoms with Gasteiger partial charge in [0.2, 0.25) is 0 Å². The van der Waals surface area contributed by atoms with Crippen molar-refractivity contribution in [2.75, 3.05) is 0 Å². The third kappa shape index (κ3) is 3.83. The summed E-state index contributed by atoms with van der Waals surface area (Å²) in [6, 6.07) is 8.82. The molecule has 0 saturated heterocycles. The molecule has 0 atom stereocenters. The Morgan fingerprint density at radius 2 is 2.22 bits per heavy atom. The fourth-order valence-electron chi connectivity index (χ4n) is 2.02. The van der Waals surface area contributed by atoms with E-state index in [9.17, 15) is 4.79 Å². The SMILES string of the molecule is Cc1nc(-c2ccc(CNC(=O)c3cc(Br)ccc3Cl)o2)cs1. The van der Waals surface area contributed by atoms with Crippen LogP contribution in [-0.2, 0) is 6.54 Å². The van der Waals surface area contributed by atoms with Crippen molar-refractivity contribution in [1.82, 2.24) is 10.3 Å². The van der Waals surface area contributed by atoms with Crippen LogP contribution < -0.4 is 5.32 Å². The second-order valence-electron chi connectivity index (χ2n) is 4.82. The zero-order valence-electron chi connectivity index (χ0n) is 12.1. The summed E-state index contributed by atoms with van der Waals surface area (Å²) in [5.74, 6) is 1.10. The van der Waals surface area contributed by atoms with Crippen LogP contribution in [0.1, 0.15) is 21.1 Å². The molecule has 0 aliphatic carbocycles. The van der Waals surface area contributed by atoms with Crippen molar-refractivity contribution in [3.05, 3.63) is 61.5 Å². The van der Waals surface area contributed by atoms with Crippen LogP contribution in [0, 0.1) is 6.92 Å². The third-order valence-electron chi connectivity index (χ3n) is 3.13. The lowest BCUT2D eigenvalue weighted by atomic mass is 10.2. The molecule has 118 valence electrons. The van der Waals surface area contributed by atoms with Gasteiger partial charge in [-0.05, 0) is 37.3 Å². The minimum Gasteiger partial charge on any atom is -0.458 e. The Morgan fingerprint density at radius 1 is 1.39 bits per heavy atom. The van der Waals surface area contributed by atoms with Crippen LogP contribution >= 0.6 is 38.9 Å². The molecule has 2 heterocycles. The highest BCUT2D eigenvalue weighted by molar-refractivity contribution is 9.10. The van der Waals surface area contributed by atoms with Crippen LogP contribution in [-0.4, -0.2) is 10.9 Å². The zero-order chi connectivity index (χ0) is 16.4. The lowest BCUT2D eigenvalue weighted by molar-refractivity contribution is 0.0948. The van der Waals surface area contributed by atoms with Crippen molar-refractivity contribution < 1.29 is 9.21 Å². The number of amides is 1. The van der Waals surface area contributed by atoms with E-state index in [1.807, 2.05) is 24.4 Å². The van der Waals surface area contributed by atoms with Gasteiger partial charge in [0.25, 0.3) is 5.91 Å². The normalized spacial score (nSPS) is 10.7. The van der Waals surface area contributed by atoms with Crippen LogP contribution in [0.25, 0.3) is 11.5 Å². The van der Waals surface area contributed by atoms with Gasteiger partial charge < -0.3 is 9.73 Å². The number of aryl methyl sites for hydroxylation is 1. The zero-order valence-corrected chi connectivity index (χ0v) is 15.3. The highest BCUT2D eigenvalue weighted by Crippen LogP contribution is 2.24. The monoisotopic (exact) mass is 410 g/mol. The summed E-state index contributed by atoms with van der Waals surface area (Å²) >= 11 is 10.9. The van der Waals surface area contributed by atoms with Gasteiger partial charge in [-0.25, -0.2) is 4.98 Å². The Labute approximate surface area is 150 Å². The molecule has 3 aromatic rings. The van der Waals surface area contributed by atoms with Crippen LogP contribution in [0.5, 0.6) is 0 Å². The number of halogens is 2. The Bertz CT molecular complexity index is 859. The van der Waals surface area contributed by atoms with Crippen molar-refractivity contribution in [2.45, 2.75) is 13.5 Å². The minimum absolute atomic E-state index is 0.251. The molecule has 1 aromatic carbocycles. The molecule has 0 unspecified atom stereocenters. The molecule has 1 N–H and O–H groups in total. The first-order chi connectivity index (χ1) is 11.0. The predicted octanol–water partition coefficient (Wildman–Crippen LogP) is 5.06. The van der Waals surface area contributed by atoms with Crippen LogP contribution in [0.4, 0.5) is 0 Å². The van der Waals surface area contributed by atoms with Crippen molar-refractivity contribution in [3.8, 4) is 11.5 Å². The molecule has 0 fully saturated rings. The maximum Gasteiger partial charge on any atom is 0.253 e. The van der Waals surface area contributed by atoms with Crippen molar-refractivity contribution in [2.24, 2.45) is 0 Å². The van der Waals surface area contributed by atoms with E-state index in [-0.39, 0.29) is 12.5 Å². The minimum atomic E-state index is -0.251. The lowest BCUT2D eigenvalue weighted by Crippen LogP contribution is -2.22. The van der Waals surface area contributed by atoms with E-state index in [2.05, 4.69) is 26.2 Å². The van der Waals surface area contributed by atoms with Gasteiger partial charge in [-0.3, -0.25) is 4.79 Å². The Hall–Kier alpha value is -1.63. The average molecular weight is 412 g/mol. The third-order valence-corrected chi connectivity index (χ3v) is 4.73. The van der Waals surface area contributed by atoms with Gasteiger partial charge in [-0.15, -0.1) is 11.3 Å². The van der Waals surface area contributed by atoms with Gasteiger partial charge in [-0.1, -0.05) is 27.5 Å². The van der Waals surface area contributed by atoms with Gasteiger partial charge in [0.05, 0.1) is 22.1 Å². The molecule has 7 heteroatoms. The van der Waals surface area contributed by atoms with E-state index < -0.39 is 0 Å². The summed E-state index contributed by atoms with van der Waals surface area (Å²) in [6.07, 6.45) is 0. The van der Waals surface area contributed by atoms with E-state index in [4.69, 9.17) is 16.0 Å². The first-order valence-corrected chi connectivity index (χ1v) is 8.82. The van der Waals surface area contributed by atoms with E-state index in [1.165, 1.54) is 0 Å². The highest BCUT2D eigenvalue weighted by Gasteiger charge is 2.12. The molecule has 0 aliphatic heterocycles. The number of thiazole rings is 1. The number of carbonyl (C=O) groups is 1. The van der Waals surface area contributed by atoms with Gasteiger partial charge in [0, 0.05) is 9.85 Å². The molecule has 0 aliphatic rings. The van der Waals surface area contributed by atoms with Crippen molar-refractivity contribution in [3.63, 3.8) is 0 Å². The van der Waals surface area contributed by atoms with E-state index in [1.54, 1.807) is 29.5 Å². The molecule has 4 nitrogen and oxygen atoms in total. The number of carbonyl (C=O) groups excluding carboxylic acids is 1. The first kappa shape index (κ1) is 16.2. The fourth-order valence-corrected chi connectivity index (χ4v) is 3.19. The number of furan rings is 1. The van der Waals surface area contributed by atoms with Gasteiger partial charge in [0.1, 0.15) is 11.5 Å². The summed E-state index contributed by atoms with van der Waals surface area (Å²) < 4.78 is 6.51. The Morgan fingerprint density at radius 3 is 2.96 bits per heavy atom. The summed E-state index contributed by atoms with van der Waals surface area (Å²) in [5, 5.41) is 6.13. The van der Waals surface area contributed by atoms with E-state index in [0.29, 0.717) is 22.1 Å². The molecule has 0 radical (unpaired) electrons. The quantitative estimate of drug-likeness (QED) is 0.653. The molecule has 0 bridgehead atoms. The van der Waals surface area contributed by atoms with Gasteiger partial charge >= 0.3 is 0 Å². The fraction of sp³-hybridized carbons (Fsp3) is 0.125. The van der Waals surface area contributed by atoms with Crippen molar-refractivity contribution >= 4 is 44.8 Å². The highest BCUT2D eigenvalue weighted by atomic mass is 79.9. The number of aromatic nitrogens is 1. The smallest absolute Gasteiger partial charge is 0.253 e. The number of hydrogen-bond acceptors (Lipinski definition) is 4. The number of benzene rings is 1. The molecule has 0 spiro atoms. The second-order valence-corrected chi connectivity index (χ2v) is 7.21. The maximum absolute atomic E-state index is 12.2. The molecular weight excluding hydrogens is 400 g/mol. The topological polar surface area (TPSA) is 55.1 Å². The number of nitrogens with zero attached hydrogens (tertiary/aromatic N) is 1. The summed E-state index contributed by atoms with van der Waals surface area (Å²) in [5.41, 5.74) is 1.23. The van der Waals surface area contributed by atoms with Gasteiger partial charge in [-0.2, -0.15) is 0 Å². The van der Waals surface area contributed by atoms with Gasteiger partial charge in [0.15, 0.2) is 5.76 Å².